The van der Waals surface area contributed by atoms with Gasteiger partial charge in [0, 0.05) is 13.0 Å². The van der Waals surface area contributed by atoms with E-state index >= 15 is 0 Å². The molecule has 108 valence electrons. The fraction of sp³-hybridized carbons (Fsp3) is 0.286. The van der Waals surface area contributed by atoms with Gasteiger partial charge in [-0.15, -0.1) is 5.10 Å². The third kappa shape index (κ3) is 2.91. The summed E-state index contributed by atoms with van der Waals surface area (Å²) in [5, 5.41) is 13.3. The second-order valence-electron chi connectivity index (χ2n) is 4.89. The second kappa shape index (κ2) is 5.74. The summed E-state index contributed by atoms with van der Waals surface area (Å²) in [7, 11) is 0. The number of hydrogen-bond acceptors (Lipinski definition) is 4. The number of carbonyl (C=O) groups is 2. The summed E-state index contributed by atoms with van der Waals surface area (Å²) >= 11 is 0. The predicted molar refractivity (Wildman–Crippen MR) is 75.7 cm³/mol. The Bertz CT molecular complexity index is 643. The van der Waals surface area contributed by atoms with Crippen LogP contribution in [0.25, 0.3) is 5.69 Å². The van der Waals surface area contributed by atoms with Crippen molar-refractivity contribution in [2.24, 2.45) is 5.92 Å². The molecular formula is C14H15N5O2. The number of nitrogens with one attached hydrogen (secondary N) is 2. The Morgan fingerprint density at radius 3 is 2.95 bits per heavy atom. The van der Waals surface area contributed by atoms with Gasteiger partial charge in [-0.2, -0.15) is 0 Å². The van der Waals surface area contributed by atoms with Gasteiger partial charge in [0.15, 0.2) is 0 Å². The van der Waals surface area contributed by atoms with Crippen LogP contribution in [0.5, 0.6) is 0 Å². The first kappa shape index (κ1) is 13.3. The lowest BCUT2D eigenvalue weighted by Crippen LogP contribution is -2.40. The van der Waals surface area contributed by atoms with Gasteiger partial charge in [-0.3, -0.25) is 9.59 Å². The monoisotopic (exact) mass is 285 g/mol. The van der Waals surface area contributed by atoms with Crippen molar-refractivity contribution >= 4 is 17.5 Å². The molecule has 1 aromatic carbocycles. The van der Waals surface area contributed by atoms with Gasteiger partial charge in [0.2, 0.25) is 11.8 Å². The molecule has 2 aromatic rings. The van der Waals surface area contributed by atoms with Crippen molar-refractivity contribution in [3.8, 4) is 5.69 Å². The maximum atomic E-state index is 12.3. The topological polar surface area (TPSA) is 88.9 Å². The van der Waals surface area contributed by atoms with E-state index in [0.717, 1.165) is 5.69 Å². The Labute approximate surface area is 121 Å². The van der Waals surface area contributed by atoms with Gasteiger partial charge in [-0.05, 0) is 18.6 Å². The van der Waals surface area contributed by atoms with E-state index in [2.05, 4.69) is 20.9 Å². The minimum absolute atomic E-state index is 0.00191. The standard InChI is InChI=1S/C14H15N5O2/c20-13-6-5-10(9-15-13)14(21)17-11-3-1-2-4-12(11)19-8-7-16-18-19/h1-4,7-8,10H,5-6,9H2,(H,15,20)(H,17,21). The molecule has 2 heterocycles. The SMILES string of the molecule is O=C1CCC(C(=O)Nc2ccccc2-n2ccnn2)CN1. The van der Waals surface area contributed by atoms with Crippen molar-refractivity contribution in [2.75, 3.05) is 11.9 Å². The van der Waals surface area contributed by atoms with Crippen LogP contribution in [0.4, 0.5) is 5.69 Å². The summed E-state index contributed by atoms with van der Waals surface area (Å²) in [4.78, 5) is 23.4. The molecule has 0 saturated carbocycles. The van der Waals surface area contributed by atoms with Crippen molar-refractivity contribution in [3.63, 3.8) is 0 Å². The third-order valence-corrected chi connectivity index (χ3v) is 3.47. The normalized spacial score (nSPS) is 18.1. The largest absolute Gasteiger partial charge is 0.355 e. The zero-order chi connectivity index (χ0) is 14.7. The molecule has 2 N–H and O–H groups in total. The number of carbonyl (C=O) groups excluding carboxylic acids is 2. The van der Waals surface area contributed by atoms with Crippen LogP contribution >= 0.6 is 0 Å². The van der Waals surface area contributed by atoms with Gasteiger partial charge in [-0.25, -0.2) is 4.68 Å². The molecule has 0 bridgehead atoms. The molecule has 1 unspecified atom stereocenters. The van der Waals surface area contributed by atoms with Crippen LogP contribution in [0.3, 0.4) is 0 Å². The number of nitrogens with zero attached hydrogens (tertiary/aromatic N) is 3. The molecule has 0 spiro atoms. The van der Waals surface area contributed by atoms with Gasteiger partial charge in [-0.1, -0.05) is 17.3 Å². The van der Waals surface area contributed by atoms with Crippen molar-refractivity contribution in [2.45, 2.75) is 12.8 Å². The van der Waals surface area contributed by atoms with Crippen LogP contribution in [-0.2, 0) is 9.59 Å². The smallest absolute Gasteiger partial charge is 0.229 e. The lowest BCUT2D eigenvalue weighted by atomic mass is 9.98. The molecule has 1 atom stereocenters. The Hall–Kier alpha value is -2.70. The van der Waals surface area contributed by atoms with Gasteiger partial charge in [0.1, 0.15) is 0 Å². The van der Waals surface area contributed by atoms with Crippen molar-refractivity contribution in [1.29, 1.82) is 0 Å². The van der Waals surface area contributed by atoms with Crippen LogP contribution in [0, 0.1) is 5.92 Å². The molecule has 1 fully saturated rings. The number of amides is 2. The molecule has 2 amide bonds. The van der Waals surface area contributed by atoms with E-state index in [1.807, 2.05) is 24.3 Å². The van der Waals surface area contributed by atoms with Crippen LogP contribution in [0.2, 0.25) is 0 Å². The number of rotatable bonds is 3. The van der Waals surface area contributed by atoms with E-state index < -0.39 is 0 Å². The van der Waals surface area contributed by atoms with Crippen molar-refractivity contribution in [1.82, 2.24) is 20.3 Å². The zero-order valence-corrected chi connectivity index (χ0v) is 11.3. The quantitative estimate of drug-likeness (QED) is 0.870. The average Bonchev–Trinajstić information content (AvgIpc) is 3.02. The second-order valence-corrected chi connectivity index (χ2v) is 4.89. The molecule has 1 aromatic heterocycles. The van der Waals surface area contributed by atoms with Gasteiger partial charge >= 0.3 is 0 Å². The number of anilines is 1. The van der Waals surface area contributed by atoms with Crippen LogP contribution < -0.4 is 10.6 Å². The van der Waals surface area contributed by atoms with Gasteiger partial charge in [0.05, 0.1) is 29.7 Å². The first-order valence-corrected chi connectivity index (χ1v) is 6.77. The molecule has 3 rings (SSSR count). The number of para-hydroxylation sites is 2. The summed E-state index contributed by atoms with van der Waals surface area (Å²) in [6.45, 7) is 0.385. The van der Waals surface area contributed by atoms with E-state index in [1.165, 1.54) is 0 Å². The lowest BCUT2D eigenvalue weighted by Gasteiger charge is -2.22. The highest BCUT2D eigenvalue weighted by atomic mass is 16.2. The molecule has 1 saturated heterocycles. The summed E-state index contributed by atoms with van der Waals surface area (Å²) in [6.07, 6.45) is 4.26. The van der Waals surface area contributed by atoms with Crippen molar-refractivity contribution < 1.29 is 9.59 Å². The number of aromatic nitrogens is 3. The Morgan fingerprint density at radius 2 is 2.24 bits per heavy atom. The van der Waals surface area contributed by atoms with Crippen molar-refractivity contribution in [3.05, 3.63) is 36.7 Å². The van der Waals surface area contributed by atoms with E-state index in [1.54, 1.807) is 17.1 Å². The average molecular weight is 285 g/mol. The summed E-state index contributed by atoms with van der Waals surface area (Å²) < 4.78 is 1.60. The predicted octanol–water partition coefficient (Wildman–Crippen LogP) is 0.732. The first-order valence-electron chi connectivity index (χ1n) is 6.77. The maximum Gasteiger partial charge on any atom is 0.229 e. The lowest BCUT2D eigenvalue weighted by molar-refractivity contribution is -0.126. The molecule has 0 radical (unpaired) electrons. The highest BCUT2D eigenvalue weighted by Gasteiger charge is 2.25. The Morgan fingerprint density at radius 1 is 1.38 bits per heavy atom. The summed E-state index contributed by atoms with van der Waals surface area (Å²) in [5.74, 6) is -0.295. The van der Waals surface area contributed by atoms with Crippen LogP contribution in [0.1, 0.15) is 12.8 Å². The summed E-state index contributed by atoms with van der Waals surface area (Å²) in [5.41, 5.74) is 1.42. The minimum atomic E-state index is -0.202. The highest BCUT2D eigenvalue weighted by molar-refractivity contribution is 5.95. The molecule has 0 aliphatic carbocycles. The zero-order valence-electron chi connectivity index (χ0n) is 11.3. The van der Waals surface area contributed by atoms with E-state index in [0.29, 0.717) is 25.1 Å². The first-order chi connectivity index (χ1) is 10.2. The molecule has 7 heteroatoms. The van der Waals surface area contributed by atoms with Gasteiger partial charge in [0.25, 0.3) is 0 Å². The van der Waals surface area contributed by atoms with E-state index in [4.69, 9.17) is 0 Å². The van der Waals surface area contributed by atoms with E-state index in [9.17, 15) is 9.59 Å². The molecule has 21 heavy (non-hydrogen) atoms. The summed E-state index contributed by atoms with van der Waals surface area (Å²) in [6, 6.07) is 7.38. The minimum Gasteiger partial charge on any atom is -0.355 e. The molecular weight excluding hydrogens is 270 g/mol. The number of benzene rings is 1. The Kier molecular flexibility index (Phi) is 3.63. The number of piperidine rings is 1. The molecule has 7 nitrogen and oxygen atoms in total. The third-order valence-electron chi connectivity index (χ3n) is 3.47. The Balaban J connectivity index is 1.76. The highest BCUT2D eigenvalue weighted by Crippen LogP contribution is 2.21. The maximum absolute atomic E-state index is 12.3. The fourth-order valence-corrected chi connectivity index (χ4v) is 2.31. The van der Waals surface area contributed by atoms with Gasteiger partial charge < -0.3 is 10.6 Å². The number of hydrogen-bond donors (Lipinski definition) is 2. The van der Waals surface area contributed by atoms with Crippen LogP contribution in [0.15, 0.2) is 36.7 Å². The molecule has 1 aliphatic rings. The van der Waals surface area contributed by atoms with Crippen LogP contribution in [-0.4, -0.2) is 33.4 Å². The molecule has 1 aliphatic heterocycles. The van der Waals surface area contributed by atoms with E-state index in [-0.39, 0.29) is 17.7 Å². The fourth-order valence-electron chi connectivity index (χ4n) is 2.31.